The Morgan fingerprint density at radius 2 is 1.59 bits per heavy atom. The molecule has 0 spiro atoms. The first-order valence-corrected chi connectivity index (χ1v) is 8.98. The van der Waals surface area contributed by atoms with Crippen LogP contribution in [0.5, 0.6) is 17.2 Å². The maximum Gasteiger partial charge on any atom is 0.324 e. The molecule has 2 rings (SSSR count). The number of carbonyl (C=O) groups is 1. The van der Waals surface area contributed by atoms with E-state index < -0.39 is 33.3 Å². The SMILES string of the molecule is COc1ccc(S(=O)(=O)N(CC(=O)O)c2ccc(OC)c(OC)c2)cc1F. The van der Waals surface area contributed by atoms with Crippen LogP contribution in [0.4, 0.5) is 10.1 Å². The van der Waals surface area contributed by atoms with E-state index in [2.05, 4.69) is 0 Å². The molecule has 146 valence electrons. The molecule has 1 N–H and O–H groups in total. The van der Waals surface area contributed by atoms with E-state index in [1.807, 2.05) is 0 Å². The molecule has 10 heteroatoms. The molecule has 0 radical (unpaired) electrons. The fourth-order valence-electron chi connectivity index (χ4n) is 2.35. The van der Waals surface area contributed by atoms with Crippen molar-refractivity contribution in [2.45, 2.75) is 4.90 Å². The lowest BCUT2D eigenvalue weighted by Gasteiger charge is -2.23. The van der Waals surface area contributed by atoms with Gasteiger partial charge in [-0.15, -0.1) is 0 Å². The fourth-order valence-corrected chi connectivity index (χ4v) is 3.77. The molecule has 2 aromatic carbocycles. The van der Waals surface area contributed by atoms with Gasteiger partial charge in [-0.1, -0.05) is 0 Å². The number of hydrogen-bond donors (Lipinski definition) is 1. The van der Waals surface area contributed by atoms with Crippen molar-refractivity contribution in [1.82, 2.24) is 0 Å². The molecule has 0 unspecified atom stereocenters. The first kappa shape index (κ1) is 20.3. The molecule has 0 saturated carbocycles. The predicted molar refractivity (Wildman–Crippen MR) is 94.7 cm³/mol. The minimum atomic E-state index is -4.38. The maximum atomic E-state index is 14.0. The average molecular weight is 399 g/mol. The second-order valence-corrected chi connectivity index (χ2v) is 7.10. The second kappa shape index (κ2) is 8.12. The number of carboxylic acids is 1. The number of methoxy groups -OCH3 is 3. The molecule has 0 fully saturated rings. The highest BCUT2D eigenvalue weighted by molar-refractivity contribution is 7.92. The number of aliphatic carboxylic acids is 1. The van der Waals surface area contributed by atoms with Crippen LogP contribution < -0.4 is 18.5 Å². The number of carboxylic acid groups (broad SMARTS) is 1. The standard InChI is InChI=1S/C17H18FNO7S/c1-24-14-7-5-12(9-13(14)18)27(22,23)19(10-17(20)21)11-4-6-15(25-2)16(8-11)26-3/h4-9H,10H2,1-3H3,(H,20,21). The quantitative estimate of drug-likeness (QED) is 0.725. The number of halogens is 1. The van der Waals surface area contributed by atoms with E-state index in [4.69, 9.17) is 19.3 Å². The number of benzene rings is 2. The van der Waals surface area contributed by atoms with Gasteiger partial charge in [-0.25, -0.2) is 12.8 Å². The van der Waals surface area contributed by atoms with Crippen LogP contribution >= 0.6 is 0 Å². The van der Waals surface area contributed by atoms with Gasteiger partial charge < -0.3 is 19.3 Å². The summed E-state index contributed by atoms with van der Waals surface area (Å²) in [7, 11) is -0.374. The number of hydrogen-bond acceptors (Lipinski definition) is 6. The van der Waals surface area contributed by atoms with E-state index in [0.29, 0.717) is 10.1 Å². The Kier molecular flexibility index (Phi) is 6.11. The van der Waals surface area contributed by atoms with E-state index in [9.17, 15) is 17.6 Å². The summed E-state index contributed by atoms with van der Waals surface area (Å²) in [5.74, 6) is -1.86. The Morgan fingerprint density at radius 1 is 1.00 bits per heavy atom. The summed E-state index contributed by atoms with van der Waals surface area (Å²) in [5.41, 5.74) is 0.0197. The summed E-state index contributed by atoms with van der Waals surface area (Å²) in [4.78, 5) is 10.8. The molecular weight excluding hydrogens is 381 g/mol. The molecule has 0 bridgehead atoms. The Balaban J connectivity index is 2.58. The summed E-state index contributed by atoms with van der Waals surface area (Å²) in [6.07, 6.45) is 0. The third-order valence-corrected chi connectivity index (χ3v) is 5.42. The van der Waals surface area contributed by atoms with Crippen molar-refractivity contribution in [1.29, 1.82) is 0 Å². The van der Waals surface area contributed by atoms with Crippen molar-refractivity contribution >= 4 is 21.7 Å². The van der Waals surface area contributed by atoms with E-state index in [1.54, 1.807) is 0 Å². The Bertz CT molecular complexity index is 946. The lowest BCUT2D eigenvalue weighted by Crippen LogP contribution is -2.35. The molecule has 2 aromatic rings. The van der Waals surface area contributed by atoms with Gasteiger partial charge >= 0.3 is 5.97 Å². The number of sulfonamides is 1. The molecule has 0 aliphatic heterocycles. The third kappa shape index (κ3) is 4.22. The molecule has 0 heterocycles. The minimum Gasteiger partial charge on any atom is -0.494 e. The minimum absolute atomic E-state index is 0.0197. The Labute approximate surface area is 155 Å². The molecule has 0 aliphatic carbocycles. The molecule has 0 amide bonds. The van der Waals surface area contributed by atoms with Gasteiger partial charge in [0.25, 0.3) is 10.0 Å². The van der Waals surface area contributed by atoms with Gasteiger partial charge in [-0.3, -0.25) is 9.10 Å². The second-order valence-electron chi connectivity index (χ2n) is 5.24. The average Bonchev–Trinajstić information content (AvgIpc) is 2.65. The molecule has 0 saturated heterocycles. The van der Waals surface area contributed by atoms with Crippen LogP contribution in [-0.2, 0) is 14.8 Å². The van der Waals surface area contributed by atoms with Crippen molar-refractivity contribution in [3.05, 3.63) is 42.2 Å². The maximum absolute atomic E-state index is 14.0. The summed E-state index contributed by atoms with van der Waals surface area (Å²) in [6, 6.07) is 7.17. The van der Waals surface area contributed by atoms with Crippen molar-refractivity contribution in [3.63, 3.8) is 0 Å². The van der Waals surface area contributed by atoms with Crippen LogP contribution in [0.15, 0.2) is 41.3 Å². The van der Waals surface area contributed by atoms with Crippen LogP contribution in [0.1, 0.15) is 0 Å². The number of ether oxygens (including phenoxy) is 3. The van der Waals surface area contributed by atoms with Gasteiger partial charge in [0, 0.05) is 6.07 Å². The number of nitrogens with zero attached hydrogens (tertiary/aromatic N) is 1. The van der Waals surface area contributed by atoms with Crippen LogP contribution in [0.2, 0.25) is 0 Å². The monoisotopic (exact) mass is 399 g/mol. The molecule has 0 aliphatic rings. The molecule has 0 atom stereocenters. The molecular formula is C17H18FNO7S. The van der Waals surface area contributed by atoms with Crippen LogP contribution in [0, 0.1) is 5.82 Å². The summed E-state index contributed by atoms with van der Waals surface area (Å²) >= 11 is 0. The highest BCUT2D eigenvalue weighted by atomic mass is 32.2. The molecule has 27 heavy (non-hydrogen) atoms. The van der Waals surface area contributed by atoms with Crippen LogP contribution in [0.25, 0.3) is 0 Å². The largest absolute Gasteiger partial charge is 0.494 e. The normalized spacial score (nSPS) is 11.0. The van der Waals surface area contributed by atoms with E-state index in [0.717, 1.165) is 18.2 Å². The van der Waals surface area contributed by atoms with Crippen LogP contribution in [-0.4, -0.2) is 47.4 Å². The zero-order valence-corrected chi connectivity index (χ0v) is 15.6. The van der Waals surface area contributed by atoms with Gasteiger partial charge in [-0.2, -0.15) is 0 Å². The van der Waals surface area contributed by atoms with Crippen molar-refractivity contribution < 1.29 is 36.9 Å². The Morgan fingerprint density at radius 3 is 2.11 bits per heavy atom. The predicted octanol–water partition coefficient (Wildman–Crippen LogP) is 2.13. The van der Waals surface area contributed by atoms with Crippen LogP contribution in [0.3, 0.4) is 0 Å². The Hall–Kier alpha value is -3.01. The van der Waals surface area contributed by atoms with Gasteiger partial charge in [-0.05, 0) is 30.3 Å². The summed E-state index contributed by atoms with van der Waals surface area (Å²) in [6.45, 7) is -0.870. The highest BCUT2D eigenvalue weighted by Gasteiger charge is 2.29. The first-order valence-electron chi connectivity index (χ1n) is 7.54. The fraction of sp³-hybridized carbons (Fsp3) is 0.235. The van der Waals surface area contributed by atoms with Crippen molar-refractivity contribution in [2.75, 3.05) is 32.2 Å². The molecule has 0 aromatic heterocycles. The number of anilines is 1. The van der Waals surface area contributed by atoms with Gasteiger partial charge in [0.15, 0.2) is 23.1 Å². The lowest BCUT2D eigenvalue weighted by molar-refractivity contribution is -0.135. The zero-order valence-electron chi connectivity index (χ0n) is 14.8. The highest BCUT2D eigenvalue weighted by Crippen LogP contribution is 2.34. The first-order chi connectivity index (χ1) is 12.7. The topological polar surface area (TPSA) is 102 Å². The van der Waals surface area contributed by atoms with Gasteiger partial charge in [0.1, 0.15) is 6.54 Å². The number of rotatable bonds is 8. The van der Waals surface area contributed by atoms with E-state index in [-0.39, 0.29) is 17.2 Å². The summed E-state index contributed by atoms with van der Waals surface area (Å²) in [5, 5.41) is 9.16. The van der Waals surface area contributed by atoms with Crippen molar-refractivity contribution in [3.8, 4) is 17.2 Å². The van der Waals surface area contributed by atoms with Crippen molar-refractivity contribution in [2.24, 2.45) is 0 Å². The lowest BCUT2D eigenvalue weighted by atomic mass is 10.2. The smallest absolute Gasteiger partial charge is 0.324 e. The zero-order chi connectivity index (χ0) is 20.2. The van der Waals surface area contributed by atoms with E-state index >= 15 is 0 Å². The summed E-state index contributed by atoms with van der Waals surface area (Å²) < 4.78 is 55.5. The third-order valence-electron chi connectivity index (χ3n) is 3.65. The van der Waals surface area contributed by atoms with Gasteiger partial charge in [0.05, 0.1) is 31.9 Å². The van der Waals surface area contributed by atoms with E-state index in [1.165, 1.54) is 39.5 Å². The molecule has 8 nitrogen and oxygen atoms in total. The van der Waals surface area contributed by atoms with Gasteiger partial charge in [0.2, 0.25) is 0 Å².